The molecule has 2 heterocycles. The van der Waals surface area contributed by atoms with E-state index in [1.807, 2.05) is 4.90 Å². The number of aromatic amines is 1. The van der Waals surface area contributed by atoms with E-state index in [1.54, 1.807) is 6.20 Å². The zero-order chi connectivity index (χ0) is 17.5. The molecule has 0 aromatic carbocycles. The summed E-state index contributed by atoms with van der Waals surface area (Å²) < 4.78 is 0. The zero-order valence-corrected chi connectivity index (χ0v) is 14.8. The molecule has 0 radical (unpaired) electrons. The lowest BCUT2D eigenvalue weighted by molar-refractivity contribution is -0.123. The predicted octanol–water partition coefficient (Wildman–Crippen LogP) is 1.70. The van der Waals surface area contributed by atoms with Gasteiger partial charge in [-0.3, -0.25) is 9.59 Å². The molecule has 1 saturated carbocycles. The van der Waals surface area contributed by atoms with Crippen LogP contribution in [0.4, 0.5) is 5.82 Å². The highest BCUT2D eigenvalue weighted by atomic mass is 16.2. The van der Waals surface area contributed by atoms with Gasteiger partial charge in [0.15, 0.2) is 5.82 Å². The van der Waals surface area contributed by atoms with Gasteiger partial charge in [-0.25, -0.2) is 4.98 Å². The number of H-pyrrole nitrogens is 1. The van der Waals surface area contributed by atoms with Crippen molar-refractivity contribution in [2.75, 3.05) is 18.0 Å². The summed E-state index contributed by atoms with van der Waals surface area (Å²) in [7, 11) is 0. The first-order chi connectivity index (χ1) is 11.3. The molecule has 1 aromatic rings. The Morgan fingerprint density at radius 2 is 2.21 bits per heavy atom. The molecule has 6 heteroatoms. The van der Waals surface area contributed by atoms with Crippen molar-refractivity contribution >= 4 is 11.7 Å². The van der Waals surface area contributed by atoms with Crippen LogP contribution in [0.3, 0.4) is 0 Å². The van der Waals surface area contributed by atoms with Crippen LogP contribution in [0.5, 0.6) is 0 Å². The number of nitrogens with one attached hydrogen (secondary N) is 2. The molecule has 0 bridgehead atoms. The van der Waals surface area contributed by atoms with Crippen LogP contribution in [0.1, 0.15) is 34.1 Å². The number of carbonyl (C=O) groups excluding carboxylic acids is 1. The molecule has 0 spiro atoms. The van der Waals surface area contributed by atoms with Gasteiger partial charge in [-0.1, -0.05) is 25.5 Å². The van der Waals surface area contributed by atoms with Crippen molar-refractivity contribution in [1.29, 1.82) is 0 Å². The first-order valence-electron chi connectivity index (χ1n) is 8.54. The molecule has 3 unspecified atom stereocenters. The van der Waals surface area contributed by atoms with Crippen LogP contribution in [-0.2, 0) is 4.79 Å². The van der Waals surface area contributed by atoms with E-state index in [0.717, 1.165) is 13.0 Å². The monoisotopic (exact) mass is 330 g/mol. The van der Waals surface area contributed by atoms with E-state index in [1.165, 1.54) is 11.8 Å². The second-order valence-corrected chi connectivity index (χ2v) is 7.75. The molecule has 6 nitrogen and oxygen atoms in total. The topological polar surface area (TPSA) is 78.1 Å². The van der Waals surface area contributed by atoms with Gasteiger partial charge in [-0.15, -0.1) is 0 Å². The summed E-state index contributed by atoms with van der Waals surface area (Å²) in [6.45, 7) is 9.81. The number of amides is 1. The van der Waals surface area contributed by atoms with Gasteiger partial charge in [0.1, 0.15) is 0 Å². The van der Waals surface area contributed by atoms with E-state index in [9.17, 15) is 9.59 Å². The number of carbonyl (C=O) groups is 1. The SMILES string of the molecule is CC(C)=CC1C(C(=O)NC2CCN(c3ncc[nH]c3=O)C2)C1(C)C. The average molecular weight is 330 g/mol. The Morgan fingerprint density at radius 1 is 1.46 bits per heavy atom. The van der Waals surface area contributed by atoms with Gasteiger partial charge in [0.2, 0.25) is 5.91 Å². The molecule has 130 valence electrons. The Kier molecular flexibility index (Phi) is 4.24. The van der Waals surface area contributed by atoms with E-state index in [0.29, 0.717) is 18.3 Å². The molecule has 2 aliphatic rings. The van der Waals surface area contributed by atoms with Gasteiger partial charge in [0.25, 0.3) is 5.56 Å². The van der Waals surface area contributed by atoms with Gasteiger partial charge in [0, 0.05) is 31.5 Å². The molecule has 2 N–H and O–H groups in total. The molecule has 2 fully saturated rings. The molecule has 1 amide bonds. The summed E-state index contributed by atoms with van der Waals surface area (Å²) in [5.41, 5.74) is 1.10. The molecular weight excluding hydrogens is 304 g/mol. The summed E-state index contributed by atoms with van der Waals surface area (Å²) in [4.78, 5) is 33.2. The van der Waals surface area contributed by atoms with Gasteiger partial charge in [0.05, 0.1) is 5.92 Å². The van der Waals surface area contributed by atoms with Crippen LogP contribution in [0.2, 0.25) is 0 Å². The Bertz CT molecular complexity index is 718. The van der Waals surface area contributed by atoms with Crippen molar-refractivity contribution in [2.24, 2.45) is 17.3 Å². The minimum atomic E-state index is -0.184. The van der Waals surface area contributed by atoms with Crippen LogP contribution >= 0.6 is 0 Å². The third-order valence-electron chi connectivity index (χ3n) is 5.23. The predicted molar refractivity (Wildman–Crippen MR) is 93.8 cm³/mol. The number of allylic oxidation sites excluding steroid dienone is 2. The van der Waals surface area contributed by atoms with Crippen molar-refractivity contribution in [2.45, 2.75) is 40.2 Å². The molecule has 1 aliphatic heterocycles. The maximum atomic E-state index is 12.6. The van der Waals surface area contributed by atoms with E-state index in [-0.39, 0.29) is 28.8 Å². The maximum absolute atomic E-state index is 12.6. The van der Waals surface area contributed by atoms with Crippen molar-refractivity contribution in [3.63, 3.8) is 0 Å². The molecule has 1 saturated heterocycles. The number of aromatic nitrogens is 2. The summed E-state index contributed by atoms with van der Waals surface area (Å²) >= 11 is 0. The summed E-state index contributed by atoms with van der Waals surface area (Å²) in [6.07, 6.45) is 6.15. The Labute approximate surface area is 142 Å². The van der Waals surface area contributed by atoms with Gasteiger partial charge >= 0.3 is 0 Å². The Hall–Kier alpha value is -2.11. The highest BCUT2D eigenvalue weighted by Crippen LogP contribution is 2.59. The number of nitrogens with zero attached hydrogens (tertiary/aromatic N) is 2. The lowest BCUT2D eigenvalue weighted by Gasteiger charge is -2.17. The van der Waals surface area contributed by atoms with Gasteiger partial charge in [-0.05, 0) is 31.6 Å². The van der Waals surface area contributed by atoms with Gasteiger partial charge < -0.3 is 15.2 Å². The van der Waals surface area contributed by atoms with Crippen molar-refractivity contribution in [3.8, 4) is 0 Å². The van der Waals surface area contributed by atoms with Crippen LogP contribution in [-0.4, -0.2) is 35.0 Å². The molecule has 3 atom stereocenters. The Morgan fingerprint density at radius 3 is 2.88 bits per heavy atom. The van der Waals surface area contributed by atoms with E-state index >= 15 is 0 Å². The minimum Gasteiger partial charge on any atom is -0.351 e. The third-order valence-corrected chi connectivity index (χ3v) is 5.23. The van der Waals surface area contributed by atoms with E-state index in [4.69, 9.17) is 0 Å². The first kappa shape index (κ1) is 16.7. The summed E-state index contributed by atoms with van der Waals surface area (Å²) in [5.74, 6) is 0.922. The van der Waals surface area contributed by atoms with Crippen LogP contribution < -0.4 is 15.8 Å². The highest BCUT2D eigenvalue weighted by Gasteiger charge is 2.60. The van der Waals surface area contributed by atoms with Crippen molar-refractivity contribution < 1.29 is 4.79 Å². The lowest BCUT2D eigenvalue weighted by atomic mass is 10.1. The number of hydrogen-bond acceptors (Lipinski definition) is 4. The Balaban J connectivity index is 1.60. The first-order valence-corrected chi connectivity index (χ1v) is 8.54. The van der Waals surface area contributed by atoms with Crippen molar-refractivity contribution in [3.05, 3.63) is 34.4 Å². The van der Waals surface area contributed by atoms with Gasteiger partial charge in [-0.2, -0.15) is 0 Å². The lowest BCUT2D eigenvalue weighted by Crippen LogP contribution is -2.39. The number of rotatable bonds is 4. The number of hydrogen-bond donors (Lipinski definition) is 2. The quantitative estimate of drug-likeness (QED) is 0.824. The van der Waals surface area contributed by atoms with E-state index in [2.05, 4.69) is 49.1 Å². The smallest absolute Gasteiger partial charge is 0.290 e. The molecule has 24 heavy (non-hydrogen) atoms. The largest absolute Gasteiger partial charge is 0.351 e. The molecule has 3 rings (SSSR count). The zero-order valence-electron chi connectivity index (χ0n) is 14.8. The van der Waals surface area contributed by atoms with Crippen LogP contribution in [0.15, 0.2) is 28.8 Å². The van der Waals surface area contributed by atoms with Crippen LogP contribution in [0, 0.1) is 17.3 Å². The fraction of sp³-hybridized carbons (Fsp3) is 0.611. The summed E-state index contributed by atoms with van der Waals surface area (Å²) in [6, 6.07) is 0.0719. The minimum absolute atomic E-state index is 0.0256. The maximum Gasteiger partial charge on any atom is 0.290 e. The average Bonchev–Trinajstić information content (AvgIpc) is 2.84. The number of anilines is 1. The second kappa shape index (κ2) is 6.07. The summed E-state index contributed by atoms with van der Waals surface area (Å²) in [5, 5.41) is 3.17. The van der Waals surface area contributed by atoms with Crippen molar-refractivity contribution in [1.82, 2.24) is 15.3 Å². The van der Waals surface area contributed by atoms with E-state index < -0.39 is 0 Å². The second-order valence-electron chi connectivity index (χ2n) is 7.75. The molecular formula is C18H26N4O2. The van der Waals surface area contributed by atoms with Crippen LogP contribution in [0.25, 0.3) is 0 Å². The fourth-order valence-electron chi connectivity index (χ4n) is 3.78. The molecule has 1 aliphatic carbocycles. The normalized spacial score (nSPS) is 27.7. The molecule has 1 aromatic heterocycles. The third kappa shape index (κ3) is 3.09. The fourth-order valence-corrected chi connectivity index (χ4v) is 3.78. The standard InChI is InChI=1S/C18H26N4O2/c1-11(2)9-13-14(18(13,3)4)16(23)21-12-5-8-22(10-12)15-17(24)20-7-6-19-15/h6-7,9,12-14H,5,8,10H2,1-4H3,(H,20,24)(H,21,23). The highest BCUT2D eigenvalue weighted by molar-refractivity contribution is 5.84.